The lowest BCUT2D eigenvalue weighted by molar-refractivity contribution is -0.144. The van der Waals surface area contributed by atoms with E-state index in [9.17, 15) is 4.79 Å². The molecule has 1 amide bonds. The van der Waals surface area contributed by atoms with Gasteiger partial charge < -0.3 is 20.1 Å². The summed E-state index contributed by atoms with van der Waals surface area (Å²) in [5.74, 6) is 0.122. The highest BCUT2D eigenvalue weighted by molar-refractivity contribution is 5.81. The van der Waals surface area contributed by atoms with E-state index in [4.69, 9.17) is 15.2 Å². The number of nitrogens with two attached hydrogens (primary N) is 1. The molecule has 1 aliphatic carbocycles. The Morgan fingerprint density at radius 2 is 1.95 bits per heavy atom. The van der Waals surface area contributed by atoms with Crippen LogP contribution in [-0.4, -0.2) is 55.9 Å². The number of hydrogen-bond acceptors (Lipinski definition) is 4. The Bertz CT molecular complexity index is 303. The van der Waals surface area contributed by atoms with E-state index >= 15 is 0 Å². The molecule has 2 fully saturated rings. The van der Waals surface area contributed by atoms with Crippen molar-refractivity contribution >= 4 is 5.91 Å². The average Bonchev–Trinajstić information content (AvgIpc) is 2.94. The maximum absolute atomic E-state index is 12.4. The van der Waals surface area contributed by atoms with Crippen molar-refractivity contribution in [2.45, 2.75) is 62.9 Å². The second-order valence-corrected chi connectivity index (χ2v) is 5.68. The number of methoxy groups -OCH3 is 1. The summed E-state index contributed by atoms with van der Waals surface area (Å²) in [6.07, 6.45) is 5.97. The van der Waals surface area contributed by atoms with Gasteiger partial charge >= 0.3 is 0 Å². The molecule has 2 rings (SSSR count). The Morgan fingerprint density at radius 1 is 1.26 bits per heavy atom. The van der Waals surface area contributed by atoms with Crippen molar-refractivity contribution in [2.75, 3.05) is 20.7 Å². The molecule has 0 radical (unpaired) electrons. The lowest BCUT2D eigenvalue weighted by atomic mass is 9.92. The number of carbonyl (C=O) groups is 1. The minimum atomic E-state index is -0.279. The monoisotopic (exact) mass is 270 g/mol. The SMILES string of the molecule is COC1CCC(N(C)C(=O)[C@@H]2CC[C@H](CN)O2)CC1. The highest BCUT2D eigenvalue weighted by Crippen LogP contribution is 2.27. The lowest BCUT2D eigenvalue weighted by Crippen LogP contribution is -2.45. The van der Waals surface area contributed by atoms with E-state index in [1.165, 1.54) is 0 Å². The molecule has 5 nitrogen and oxygen atoms in total. The summed E-state index contributed by atoms with van der Waals surface area (Å²) in [7, 11) is 3.67. The second-order valence-electron chi connectivity index (χ2n) is 5.68. The molecular formula is C14H26N2O3. The van der Waals surface area contributed by atoms with E-state index in [1.807, 2.05) is 11.9 Å². The molecule has 1 aliphatic heterocycles. The second kappa shape index (κ2) is 6.68. The zero-order valence-corrected chi connectivity index (χ0v) is 12.0. The normalized spacial score (nSPS) is 35.3. The number of carbonyl (C=O) groups excluding carboxylic acids is 1. The molecule has 1 saturated heterocycles. The summed E-state index contributed by atoms with van der Waals surface area (Å²) in [6.45, 7) is 0.506. The molecule has 5 heteroatoms. The van der Waals surface area contributed by atoms with Crippen LogP contribution in [0.2, 0.25) is 0 Å². The molecule has 0 bridgehead atoms. The Morgan fingerprint density at radius 3 is 2.47 bits per heavy atom. The largest absolute Gasteiger partial charge is 0.381 e. The van der Waals surface area contributed by atoms with Crippen LogP contribution in [0.15, 0.2) is 0 Å². The fourth-order valence-electron chi connectivity index (χ4n) is 3.14. The van der Waals surface area contributed by atoms with E-state index < -0.39 is 0 Å². The third kappa shape index (κ3) is 3.46. The van der Waals surface area contributed by atoms with Gasteiger partial charge in [-0.2, -0.15) is 0 Å². The van der Waals surface area contributed by atoms with Crippen LogP contribution in [0.5, 0.6) is 0 Å². The minimum absolute atomic E-state index is 0.0616. The van der Waals surface area contributed by atoms with Crippen molar-refractivity contribution in [1.82, 2.24) is 4.90 Å². The summed E-state index contributed by atoms with van der Waals surface area (Å²) in [5.41, 5.74) is 5.58. The van der Waals surface area contributed by atoms with Crippen molar-refractivity contribution in [3.8, 4) is 0 Å². The maximum atomic E-state index is 12.4. The molecule has 0 spiro atoms. The van der Waals surface area contributed by atoms with E-state index in [0.717, 1.165) is 38.5 Å². The van der Waals surface area contributed by atoms with Crippen molar-refractivity contribution in [3.63, 3.8) is 0 Å². The summed E-state index contributed by atoms with van der Waals surface area (Å²) in [5, 5.41) is 0. The standard InChI is InChI=1S/C14H26N2O3/c1-16(10-3-5-11(18-2)6-4-10)14(17)13-8-7-12(9-15)19-13/h10-13H,3-9,15H2,1-2H3/t10?,11?,12-,13+/m1/s1. The molecule has 1 heterocycles. The minimum Gasteiger partial charge on any atom is -0.381 e. The molecule has 1 saturated carbocycles. The van der Waals surface area contributed by atoms with Gasteiger partial charge in [-0.05, 0) is 38.5 Å². The van der Waals surface area contributed by atoms with Crippen LogP contribution in [0.25, 0.3) is 0 Å². The van der Waals surface area contributed by atoms with Gasteiger partial charge in [0.2, 0.25) is 0 Å². The van der Waals surface area contributed by atoms with Crippen molar-refractivity contribution in [2.24, 2.45) is 5.73 Å². The first kappa shape index (κ1) is 14.8. The van der Waals surface area contributed by atoms with E-state index in [1.54, 1.807) is 7.11 Å². The number of likely N-dealkylation sites (N-methyl/N-ethyl adjacent to an activating group) is 1. The van der Waals surface area contributed by atoms with Gasteiger partial charge in [-0.15, -0.1) is 0 Å². The van der Waals surface area contributed by atoms with Gasteiger partial charge in [-0.1, -0.05) is 0 Å². The lowest BCUT2D eigenvalue weighted by Gasteiger charge is -2.35. The van der Waals surface area contributed by atoms with Crippen LogP contribution in [0.1, 0.15) is 38.5 Å². The average molecular weight is 270 g/mol. The van der Waals surface area contributed by atoms with E-state index in [2.05, 4.69) is 0 Å². The third-order valence-corrected chi connectivity index (χ3v) is 4.52. The number of amides is 1. The Kier molecular flexibility index (Phi) is 5.19. The molecule has 0 aromatic heterocycles. The molecular weight excluding hydrogens is 244 g/mol. The van der Waals surface area contributed by atoms with Gasteiger partial charge in [0.05, 0.1) is 12.2 Å². The summed E-state index contributed by atoms with van der Waals surface area (Å²) in [6, 6.07) is 0.333. The Balaban J connectivity index is 1.83. The molecule has 2 atom stereocenters. The summed E-state index contributed by atoms with van der Waals surface area (Å²) in [4.78, 5) is 14.3. The predicted molar refractivity (Wildman–Crippen MR) is 72.8 cm³/mol. The van der Waals surface area contributed by atoms with Gasteiger partial charge in [0, 0.05) is 26.7 Å². The van der Waals surface area contributed by atoms with Crippen molar-refractivity contribution in [3.05, 3.63) is 0 Å². The fraction of sp³-hybridized carbons (Fsp3) is 0.929. The first-order chi connectivity index (χ1) is 9.15. The van der Waals surface area contributed by atoms with Crippen LogP contribution < -0.4 is 5.73 Å². The number of hydrogen-bond donors (Lipinski definition) is 1. The van der Waals surface area contributed by atoms with Crippen LogP contribution >= 0.6 is 0 Å². The van der Waals surface area contributed by atoms with E-state index in [0.29, 0.717) is 18.7 Å². The summed E-state index contributed by atoms with van der Waals surface area (Å²) >= 11 is 0. The van der Waals surface area contributed by atoms with Crippen molar-refractivity contribution in [1.29, 1.82) is 0 Å². The van der Waals surface area contributed by atoms with Crippen LogP contribution in [0, 0.1) is 0 Å². The highest BCUT2D eigenvalue weighted by atomic mass is 16.5. The molecule has 0 unspecified atom stereocenters. The first-order valence-corrected chi connectivity index (χ1v) is 7.30. The van der Waals surface area contributed by atoms with Crippen LogP contribution in [0.4, 0.5) is 0 Å². The number of nitrogens with zero attached hydrogens (tertiary/aromatic N) is 1. The molecule has 2 N–H and O–H groups in total. The molecule has 19 heavy (non-hydrogen) atoms. The van der Waals surface area contributed by atoms with E-state index in [-0.39, 0.29) is 18.1 Å². The van der Waals surface area contributed by atoms with Crippen LogP contribution in [-0.2, 0) is 14.3 Å². The Hall–Kier alpha value is -0.650. The quantitative estimate of drug-likeness (QED) is 0.824. The van der Waals surface area contributed by atoms with Gasteiger partial charge in [-0.3, -0.25) is 4.79 Å². The van der Waals surface area contributed by atoms with Gasteiger partial charge in [0.15, 0.2) is 0 Å². The fourth-order valence-corrected chi connectivity index (χ4v) is 3.14. The highest BCUT2D eigenvalue weighted by Gasteiger charge is 2.35. The predicted octanol–water partition coefficient (Wildman–Crippen LogP) is 0.909. The van der Waals surface area contributed by atoms with Crippen LogP contribution in [0.3, 0.4) is 0 Å². The van der Waals surface area contributed by atoms with Crippen molar-refractivity contribution < 1.29 is 14.3 Å². The topological polar surface area (TPSA) is 64.8 Å². The number of ether oxygens (including phenoxy) is 2. The zero-order valence-electron chi connectivity index (χ0n) is 12.0. The smallest absolute Gasteiger partial charge is 0.251 e. The van der Waals surface area contributed by atoms with Gasteiger partial charge in [0.1, 0.15) is 6.10 Å². The molecule has 2 aliphatic rings. The molecule has 110 valence electrons. The Labute approximate surface area is 115 Å². The summed E-state index contributed by atoms with van der Waals surface area (Å²) < 4.78 is 11.1. The van der Waals surface area contributed by atoms with Gasteiger partial charge in [0.25, 0.3) is 5.91 Å². The first-order valence-electron chi connectivity index (χ1n) is 7.30. The maximum Gasteiger partial charge on any atom is 0.251 e. The van der Waals surface area contributed by atoms with Gasteiger partial charge in [-0.25, -0.2) is 0 Å². The molecule has 0 aromatic carbocycles. The molecule has 0 aromatic rings. The zero-order chi connectivity index (χ0) is 13.8. The number of rotatable bonds is 4. The third-order valence-electron chi connectivity index (χ3n) is 4.52.